The fourth-order valence-corrected chi connectivity index (χ4v) is 3.69. The van der Waals surface area contributed by atoms with E-state index in [0.717, 1.165) is 28.3 Å². The van der Waals surface area contributed by atoms with Gasteiger partial charge in [0.2, 0.25) is 0 Å². The molecule has 28 heavy (non-hydrogen) atoms. The van der Waals surface area contributed by atoms with Crippen molar-refractivity contribution in [1.29, 1.82) is 0 Å². The summed E-state index contributed by atoms with van der Waals surface area (Å²) in [6, 6.07) is 26.0. The highest BCUT2D eigenvalue weighted by Crippen LogP contribution is 2.29. The summed E-state index contributed by atoms with van der Waals surface area (Å²) in [6.45, 7) is 0. The van der Waals surface area contributed by atoms with Gasteiger partial charge in [0.05, 0.1) is 11.4 Å². The molecule has 0 aliphatic heterocycles. The van der Waals surface area contributed by atoms with Crippen LogP contribution in [0.15, 0.2) is 90.1 Å². The molecule has 0 radical (unpaired) electrons. The summed E-state index contributed by atoms with van der Waals surface area (Å²) >= 11 is 7.59. The molecule has 0 fully saturated rings. The average molecular weight is 407 g/mol. The van der Waals surface area contributed by atoms with Gasteiger partial charge in [0.15, 0.2) is 5.16 Å². The first-order valence-electron chi connectivity index (χ1n) is 8.75. The van der Waals surface area contributed by atoms with Crippen LogP contribution in [-0.4, -0.2) is 9.97 Å². The van der Waals surface area contributed by atoms with Crippen LogP contribution >= 0.6 is 23.4 Å². The molecule has 0 aliphatic rings. The van der Waals surface area contributed by atoms with Crippen molar-refractivity contribution in [2.45, 2.75) is 10.9 Å². The Morgan fingerprint density at radius 3 is 1.93 bits per heavy atom. The minimum absolute atomic E-state index is 0.269. The number of aromatic nitrogens is 2. The molecular weight excluding hydrogens is 391 g/mol. The third-order valence-corrected chi connectivity index (χ3v) is 5.37. The Balaban J connectivity index is 1.71. The van der Waals surface area contributed by atoms with Gasteiger partial charge in [0.1, 0.15) is 5.82 Å². The standard InChI is InChI=1S/C23H16ClFN2S/c24-19-10-6-17(7-11-19)21-14-22(18-8-12-20(25)13-9-18)27-23(26-21)28-15-16-4-2-1-3-5-16/h1-14H,15H2. The van der Waals surface area contributed by atoms with E-state index in [-0.39, 0.29) is 5.82 Å². The zero-order chi connectivity index (χ0) is 19.3. The van der Waals surface area contributed by atoms with Gasteiger partial charge in [-0.1, -0.05) is 65.8 Å². The smallest absolute Gasteiger partial charge is 0.189 e. The van der Waals surface area contributed by atoms with E-state index < -0.39 is 0 Å². The number of hydrogen-bond donors (Lipinski definition) is 0. The third kappa shape index (κ3) is 4.58. The quantitative estimate of drug-likeness (QED) is 0.266. The Labute approximate surface area is 172 Å². The first-order valence-corrected chi connectivity index (χ1v) is 10.1. The van der Waals surface area contributed by atoms with Crippen LogP contribution in [0.1, 0.15) is 5.56 Å². The Bertz CT molecular complexity index is 1000. The van der Waals surface area contributed by atoms with Crippen molar-refractivity contribution in [3.8, 4) is 22.5 Å². The molecule has 1 heterocycles. The van der Waals surface area contributed by atoms with E-state index in [1.54, 1.807) is 23.9 Å². The van der Waals surface area contributed by atoms with Gasteiger partial charge in [-0.25, -0.2) is 14.4 Å². The highest BCUT2D eigenvalue weighted by molar-refractivity contribution is 7.98. The topological polar surface area (TPSA) is 25.8 Å². The second-order valence-corrected chi connectivity index (χ2v) is 7.59. The van der Waals surface area contributed by atoms with E-state index >= 15 is 0 Å². The number of hydrogen-bond acceptors (Lipinski definition) is 3. The lowest BCUT2D eigenvalue weighted by Crippen LogP contribution is -1.95. The molecule has 0 bridgehead atoms. The van der Waals surface area contributed by atoms with Gasteiger partial charge in [-0.05, 0) is 48.0 Å². The van der Waals surface area contributed by atoms with Gasteiger partial charge in [-0.15, -0.1) is 0 Å². The monoisotopic (exact) mass is 406 g/mol. The Hall–Kier alpha value is -2.69. The molecule has 0 amide bonds. The molecular formula is C23H16ClFN2S. The fourth-order valence-electron chi connectivity index (χ4n) is 2.75. The summed E-state index contributed by atoms with van der Waals surface area (Å²) < 4.78 is 13.3. The van der Waals surface area contributed by atoms with Crippen molar-refractivity contribution >= 4 is 23.4 Å². The zero-order valence-corrected chi connectivity index (χ0v) is 16.4. The van der Waals surface area contributed by atoms with Crippen LogP contribution in [-0.2, 0) is 5.75 Å². The SMILES string of the molecule is Fc1ccc(-c2cc(-c3ccc(Cl)cc3)nc(SCc3ccccc3)n2)cc1. The molecule has 4 aromatic rings. The third-order valence-electron chi connectivity index (χ3n) is 4.20. The minimum atomic E-state index is -0.269. The summed E-state index contributed by atoms with van der Waals surface area (Å²) in [4.78, 5) is 9.42. The lowest BCUT2D eigenvalue weighted by Gasteiger charge is -2.09. The van der Waals surface area contributed by atoms with Crippen molar-refractivity contribution in [3.05, 3.63) is 101 Å². The van der Waals surface area contributed by atoms with E-state index in [0.29, 0.717) is 10.2 Å². The maximum atomic E-state index is 13.3. The summed E-state index contributed by atoms with van der Waals surface area (Å²) in [6.07, 6.45) is 0. The Morgan fingerprint density at radius 2 is 1.32 bits per heavy atom. The van der Waals surface area contributed by atoms with E-state index in [1.807, 2.05) is 48.5 Å². The number of rotatable bonds is 5. The van der Waals surface area contributed by atoms with Crippen LogP contribution in [0.25, 0.3) is 22.5 Å². The summed E-state index contributed by atoms with van der Waals surface area (Å²) in [7, 11) is 0. The molecule has 0 N–H and O–H groups in total. The van der Waals surface area contributed by atoms with Gasteiger partial charge in [-0.3, -0.25) is 0 Å². The number of halogens is 2. The number of thioether (sulfide) groups is 1. The molecule has 0 unspecified atom stereocenters. The maximum absolute atomic E-state index is 13.3. The van der Waals surface area contributed by atoms with Gasteiger partial charge in [-0.2, -0.15) is 0 Å². The van der Waals surface area contributed by atoms with Gasteiger partial charge in [0, 0.05) is 21.9 Å². The molecule has 4 rings (SSSR count). The van der Waals surface area contributed by atoms with Crippen LogP contribution in [0.3, 0.4) is 0 Å². The Morgan fingerprint density at radius 1 is 0.750 bits per heavy atom. The van der Waals surface area contributed by atoms with Crippen LogP contribution in [0.4, 0.5) is 4.39 Å². The summed E-state index contributed by atoms with van der Waals surface area (Å²) in [5, 5.41) is 1.35. The molecule has 5 heteroatoms. The highest BCUT2D eigenvalue weighted by Gasteiger charge is 2.10. The molecule has 0 aliphatic carbocycles. The zero-order valence-electron chi connectivity index (χ0n) is 14.8. The van der Waals surface area contributed by atoms with Crippen molar-refractivity contribution in [2.75, 3.05) is 0 Å². The largest absolute Gasteiger partial charge is 0.222 e. The first-order chi connectivity index (χ1) is 13.7. The molecule has 2 nitrogen and oxygen atoms in total. The molecule has 1 aromatic heterocycles. The van der Waals surface area contributed by atoms with Crippen molar-refractivity contribution in [3.63, 3.8) is 0 Å². The van der Waals surface area contributed by atoms with Crippen LogP contribution in [0.2, 0.25) is 5.02 Å². The average Bonchev–Trinajstić information content (AvgIpc) is 2.74. The summed E-state index contributed by atoms with van der Waals surface area (Å²) in [5.74, 6) is 0.503. The highest BCUT2D eigenvalue weighted by atomic mass is 35.5. The molecule has 0 spiro atoms. The molecule has 138 valence electrons. The fraction of sp³-hybridized carbons (Fsp3) is 0.0435. The normalized spacial score (nSPS) is 10.8. The summed E-state index contributed by atoms with van der Waals surface area (Å²) in [5.41, 5.74) is 4.57. The van der Waals surface area contributed by atoms with E-state index in [4.69, 9.17) is 21.6 Å². The lowest BCUT2D eigenvalue weighted by molar-refractivity contribution is 0.628. The predicted octanol–water partition coefficient (Wildman–Crippen LogP) is 6.90. The predicted molar refractivity (Wildman–Crippen MR) is 114 cm³/mol. The maximum Gasteiger partial charge on any atom is 0.189 e. The molecule has 0 saturated heterocycles. The van der Waals surface area contributed by atoms with E-state index in [1.165, 1.54) is 17.7 Å². The van der Waals surface area contributed by atoms with Crippen molar-refractivity contribution < 1.29 is 4.39 Å². The first kappa shape index (κ1) is 18.7. The second kappa shape index (κ2) is 8.55. The second-order valence-electron chi connectivity index (χ2n) is 6.21. The molecule has 0 atom stereocenters. The van der Waals surface area contributed by atoms with Gasteiger partial charge >= 0.3 is 0 Å². The van der Waals surface area contributed by atoms with E-state index in [9.17, 15) is 4.39 Å². The minimum Gasteiger partial charge on any atom is -0.222 e. The van der Waals surface area contributed by atoms with Gasteiger partial charge < -0.3 is 0 Å². The lowest BCUT2D eigenvalue weighted by atomic mass is 10.1. The van der Waals surface area contributed by atoms with Crippen molar-refractivity contribution in [1.82, 2.24) is 9.97 Å². The molecule has 3 aromatic carbocycles. The number of benzene rings is 3. The van der Waals surface area contributed by atoms with Crippen LogP contribution < -0.4 is 0 Å². The van der Waals surface area contributed by atoms with Crippen molar-refractivity contribution in [2.24, 2.45) is 0 Å². The Kier molecular flexibility index (Phi) is 5.70. The van der Waals surface area contributed by atoms with Crippen LogP contribution in [0, 0.1) is 5.82 Å². The van der Waals surface area contributed by atoms with Crippen LogP contribution in [0.5, 0.6) is 0 Å². The van der Waals surface area contributed by atoms with Gasteiger partial charge in [0.25, 0.3) is 0 Å². The number of nitrogens with zero attached hydrogens (tertiary/aromatic N) is 2. The van der Waals surface area contributed by atoms with E-state index in [2.05, 4.69) is 12.1 Å². The molecule has 0 saturated carbocycles.